The van der Waals surface area contributed by atoms with E-state index in [9.17, 15) is 4.79 Å². The number of aromatic nitrogens is 1. The van der Waals surface area contributed by atoms with E-state index < -0.39 is 0 Å². The van der Waals surface area contributed by atoms with Gasteiger partial charge in [-0.1, -0.05) is 0 Å². The Morgan fingerprint density at radius 1 is 1.42 bits per heavy atom. The van der Waals surface area contributed by atoms with Gasteiger partial charge >= 0.3 is 0 Å². The van der Waals surface area contributed by atoms with Crippen molar-refractivity contribution < 1.29 is 4.79 Å². The van der Waals surface area contributed by atoms with Gasteiger partial charge in [-0.3, -0.25) is 4.79 Å². The van der Waals surface area contributed by atoms with Crippen LogP contribution in [0, 0.1) is 5.92 Å². The topological polar surface area (TPSA) is 57.3 Å². The minimum absolute atomic E-state index is 0.00176. The van der Waals surface area contributed by atoms with Gasteiger partial charge in [-0.25, -0.2) is 4.98 Å². The van der Waals surface area contributed by atoms with Crippen LogP contribution in [0.2, 0.25) is 0 Å². The van der Waals surface area contributed by atoms with E-state index >= 15 is 0 Å². The van der Waals surface area contributed by atoms with Gasteiger partial charge in [0.15, 0.2) is 0 Å². The summed E-state index contributed by atoms with van der Waals surface area (Å²) in [6.45, 7) is 4.77. The third-order valence-corrected chi connectivity index (χ3v) is 3.85. The molecule has 0 bridgehead atoms. The van der Waals surface area contributed by atoms with Gasteiger partial charge in [0.25, 0.3) is 5.91 Å². The highest BCUT2D eigenvalue weighted by molar-refractivity contribution is 5.98. The van der Waals surface area contributed by atoms with Crippen molar-refractivity contribution in [2.24, 2.45) is 5.92 Å². The Morgan fingerprint density at radius 2 is 2.21 bits per heavy atom. The molecule has 102 valence electrons. The molecular weight excluding hydrogens is 240 g/mol. The maximum Gasteiger partial charge on any atom is 0.255 e. The molecule has 1 aromatic rings. The number of carbonyl (C=O) groups excluding carboxylic acids is 1. The molecule has 0 aliphatic carbocycles. The lowest BCUT2D eigenvalue weighted by atomic mass is 10.0. The van der Waals surface area contributed by atoms with Crippen LogP contribution in [-0.2, 0) is 0 Å². The molecule has 2 saturated heterocycles. The van der Waals surface area contributed by atoms with Gasteiger partial charge in [0.1, 0.15) is 5.82 Å². The number of rotatable bonds is 4. The number of hydrogen-bond acceptors (Lipinski definition) is 4. The molecule has 2 N–H and O–H groups in total. The van der Waals surface area contributed by atoms with Crippen molar-refractivity contribution in [2.45, 2.75) is 12.8 Å². The molecule has 2 fully saturated rings. The van der Waals surface area contributed by atoms with Crippen molar-refractivity contribution in [3.8, 4) is 0 Å². The molecule has 2 aliphatic heterocycles. The zero-order valence-corrected chi connectivity index (χ0v) is 11.1. The Balaban J connectivity index is 1.69. The molecule has 1 amide bonds. The van der Waals surface area contributed by atoms with E-state index in [1.54, 1.807) is 6.20 Å². The molecule has 0 aromatic carbocycles. The molecule has 2 aliphatic rings. The quantitative estimate of drug-likeness (QED) is 0.834. The average Bonchev–Trinajstić information content (AvgIpc) is 2.90. The Kier molecular flexibility index (Phi) is 3.64. The zero-order valence-electron chi connectivity index (χ0n) is 11.1. The number of hydrogen-bond donors (Lipinski definition) is 2. The van der Waals surface area contributed by atoms with Crippen LogP contribution in [0.5, 0.6) is 0 Å². The van der Waals surface area contributed by atoms with Gasteiger partial charge in [-0.05, 0) is 25.0 Å². The highest BCUT2D eigenvalue weighted by atomic mass is 16.1. The van der Waals surface area contributed by atoms with Gasteiger partial charge in [0.05, 0.1) is 5.56 Å². The Hall–Kier alpha value is -1.62. The summed E-state index contributed by atoms with van der Waals surface area (Å²) >= 11 is 0. The van der Waals surface area contributed by atoms with Crippen LogP contribution in [0.25, 0.3) is 0 Å². The molecule has 0 spiro atoms. The molecule has 0 saturated carbocycles. The minimum Gasteiger partial charge on any atom is -0.356 e. The largest absolute Gasteiger partial charge is 0.356 e. The first-order valence-corrected chi connectivity index (χ1v) is 7.03. The third-order valence-electron chi connectivity index (χ3n) is 3.85. The number of nitrogens with zero attached hydrogens (tertiary/aromatic N) is 2. The first-order valence-electron chi connectivity index (χ1n) is 7.03. The van der Waals surface area contributed by atoms with E-state index in [0.717, 1.165) is 38.5 Å². The molecular formula is C14H20N4O. The van der Waals surface area contributed by atoms with Crippen molar-refractivity contribution >= 4 is 11.7 Å². The van der Waals surface area contributed by atoms with E-state index in [1.807, 2.05) is 12.1 Å². The van der Waals surface area contributed by atoms with Gasteiger partial charge in [-0.15, -0.1) is 0 Å². The summed E-state index contributed by atoms with van der Waals surface area (Å²) in [6, 6.07) is 3.70. The zero-order chi connectivity index (χ0) is 13.1. The molecule has 3 rings (SSSR count). The lowest BCUT2D eigenvalue weighted by Gasteiger charge is -2.27. The summed E-state index contributed by atoms with van der Waals surface area (Å²) in [6.07, 6.45) is 4.14. The van der Waals surface area contributed by atoms with Crippen molar-refractivity contribution in [2.75, 3.05) is 37.6 Å². The predicted molar refractivity (Wildman–Crippen MR) is 74.4 cm³/mol. The van der Waals surface area contributed by atoms with Crippen LogP contribution in [0.4, 0.5) is 5.82 Å². The van der Waals surface area contributed by atoms with Gasteiger partial charge in [-0.2, -0.15) is 0 Å². The fourth-order valence-corrected chi connectivity index (χ4v) is 2.58. The van der Waals surface area contributed by atoms with Crippen molar-refractivity contribution in [3.05, 3.63) is 23.9 Å². The Morgan fingerprint density at radius 3 is 2.89 bits per heavy atom. The maximum atomic E-state index is 12.3. The van der Waals surface area contributed by atoms with Crippen LogP contribution in [0.1, 0.15) is 23.2 Å². The highest BCUT2D eigenvalue weighted by Crippen LogP contribution is 2.21. The summed E-state index contributed by atoms with van der Waals surface area (Å²) in [7, 11) is 0. The summed E-state index contributed by atoms with van der Waals surface area (Å²) < 4.78 is 0. The van der Waals surface area contributed by atoms with Crippen LogP contribution in [-0.4, -0.2) is 43.6 Å². The fourth-order valence-electron chi connectivity index (χ4n) is 2.58. The second kappa shape index (κ2) is 5.57. The Bertz CT molecular complexity index is 453. The Labute approximate surface area is 113 Å². The SMILES string of the molecule is O=C(NCC1CNC1)c1cccnc1N1CCCC1. The van der Waals surface area contributed by atoms with Gasteiger partial charge in [0, 0.05) is 44.8 Å². The van der Waals surface area contributed by atoms with E-state index in [0.29, 0.717) is 11.5 Å². The standard InChI is InChI=1S/C14H20N4O/c19-14(17-10-11-8-15-9-11)12-4-3-5-16-13(12)18-6-1-2-7-18/h3-5,11,15H,1-2,6-10H2,(H,17,19). The molecule has 5 heteroatoms. The normalized spacial score (nSPS) is 19.3. The van der Waals surface area contributed by atoms with Crippen LogP contribution < -0.4 is 15.5 Å². The second-order valence-corrected chi connectivity index (χ2v) is 5.30. The van der Waals surface area contributed by atoms with Crippen molar-refractivity contribution in [1.29, 1.82) is 0 Å². The molecule has 19 heavy (non-hydrogen) atoms. The number of pyridine rings is 1. The second-order valence-electron chi connectivity index (χ2n) is 5.30. The first kappa shape index (κ1) is 12.4. The van der Waals surface area contributed by atoms with Crippen LogP contribution >= 0.6 is 0 Å². The molecule has 0 atom stereocenters. The number of amides is 1. The van der Waals surface area contributed by atoms with E-state index in [4.69, 9.17) is 0 Å². The van der Waals surface area contributed by atoms with Crippen molar-refractivity contribution in [3.63, 3.8) is 0 Å². The lowest BCUT2D eigenvalue weighted by molar-refractivity contribution is 0.0942. The summed E-state index contributed by atoms with van der Waals surface area (Å²) in [5.41, 5.74) is 0.705. The average molecular weight is 260 g/mol. The third kappa shape index (κ3) is 2.71. The minimum atomic E-state index is 0.00176. The molecule has 0 radical (unpaired) electrons. The smallest absolute Gasteiger partial charge is 0.255 e. The van der Waals surface area contributed by atoms with E-state index in [1.165, 1.54) is 12.8 Å². The fraction of sp³-hybridized carbons (Fsp3) is 0.571. The lowest BCUT2D eigenvalue weighted by Crippen LogP contribution is -2.48. The molecule has 3 heterocycles. The highest BCUT2D eigenvalue weighted by Gasteiger charge is 2.22. The predicted octanol–water partition coefficient (Wildman–Crippen LogP) is 0.631. The molecule has 0 unspecified atom stereocenters. The molecule has 1 aromatic heterocycles. The number of nitrogens with one attached hydrogen (secondary N) is 2. The van der Waals surface area contributed by atoms with E-state index in [2.05, 4.69) is 20.5 Å². The van der Waals surface area contributed by atoms with Crippen LogP contribution in [0.3, 0.4) is 0 Å². The maximum absolute atomic E-state index is 12.3. The number of carbonyl (C=O) groups is 1. The van der Waals surface area contributed by atoms with Crippen LogP contribution in [0.15, 0.2) is 18.3 Å². The summed E-state index contributed by atoms with van der Waals surface area (Å²) in [5, 5.41) is 6.23. The summed E-state index contributed by atoms with van der Waals surface area (Å²) in [4.78, 5) is 18.9. The summed E-state index contributed by atoms with van der Waals surface area (Å²) in [5.74, 6) is 1.42. The number of anilines is 1. The first-order chi connectivity index (χ1) is 9.34. The van der Waals surface area contributed by atoms with Gasteiger partial charge < -0.3 is 15.5 Å². The monoisotopic (exact) mass is 260 g/mol. The van der Waals surface area contributed by atoms with Gasteiger partial charge in [0.2, 0.25) is 0 Å². The van der Waals surface area contributed by atoms with E-state index in [-0.39, 0.29) is 5.91 Å². The molecule has 5 nitrogen and oxygen atoms in total. The van der Waals surface area contributed by atoms with Crippen molar-refractivity contribution in [1.82, 2.24) is 15.6 Å².